The van der Waals surface area contributed by atoms with Gasteiger partial charge in [0, 0.05) is 38.4 Å². The lowest BCUT2D eigenvalue weighted by Gasteiger charge is -2.33. The second-order valence-electron chi connectivity index (χ2n) is 7.50. The Hall–Kier alpha value is -2.95. The summed E-state index contributed by atoms with van der Waals surface area (Å²) in [6, 6.07) is 24.6. The van der Waals surface area contributed by atoms with Crippen molar-refractivity contribution in [3.63, 3.8) is 0 Å². The van der Waals surface area contributed by atoms with Gasteiger partial charge in [-0.2, -0.15) is 0 Å². The Labute approximate surface area is 172 Å². The quantitative estimate of drug-likeness (QED) is 0.694. The third kappa shape index (κ3) is 5.53. The van der Waals surface area contributed by atoms with E-state index in [2.05, 4.69) is 63.7 Å². The van der Waals surface area contributed by atoms with Gasteiger partial charge in [0.1, 0.15) is 0 Å². The van der Waals surface area contributed by atoms with Gasteiger partial charge in [-0.25, -0.2) is 0 Å². The van der Waals surface area contributed by atoms with Gasteiger partial charge in [0.25, 0.3) is 0 Å². The number of rotatable bonds is 6. The SMILES string of the molecule is O=C(CN1CCN(C/C=C/c2ccccc2)CC1)Nc1ccc2ccccc2c1. The third-order valence-electron chi connectivity index (χ3n) is 5.34. The van der Waals surface area contributed by atoms with Crippen molar-refractivity contribution in [1.29, 1.82) is 0 Å². The van der Waals surface area contributed by atoms with Crippen LogP contribution in [0, 0.1) is 0 Å². The molecule has 1 aliphatic rings. The normalized spacial score (nSPS) is 15.7. The van der Waals surface area contributed by atoms with Crippen LogP contribution in [0.3, 0.4) is 0 Å². The fraction of sp³-hybridized carbons (Fsp3) is 0.240. The Morgan fingerprint density at radius 1 is 0.828 bits per heavy atom. The van der Waals surface area contributed by atoms with Crippen LogP contribution >= 0.6 is 0 Å². The highest BCUT2D eigenvalue weighted by Crippen LogP contribution is 2.18. The second kappa shape index (κ2) is 9.50. The van der Waals surface area contributed by atoms with Crippen LogP contribution < -0.4 is 5.32 Å². The predicted octanol–water partition coefficient (Wildman–Crippen LogP) is 4.11. The number of nitrogens with zero attached hydrogens (tertiary/aromatic N) is 2. The zero-order valence-electron chi connectivity index (χ0n) is 16.6. The summed E-state index contributed by atoms with van der Waals surface area (Å²) in [7, 11) is 0. The zero-order chi connectivity index (χ0) is 19.9. The van der Waals surface area contributed by atoms with Gasteiger partial charge in [0.15, 0.2) is 0 Å². The Balaban J connectivity index is 1.21. The molecule has 1 amide bonds. The maximum Gasteiger partial charge on any atom is 0.238 e. The monoisotopic (exact) mass is 385 g/mol. The maximum absolute atomic E-state index is 12.4. The molecule has 1 fully saturated rings. The van der Waals surface area contributed by atoms with Crippen LogP contribution in [0.25, 0.3) is 16.8 Å². The van der Waals surface area contributed by atoms with Crippen LogP contribution in [-0.2, 0) is 4.79 Å². The number of nitrogens with one attached hydrogen (secondary N) is 1. The van der Waals surface area contributed by atoms with Gasteiger partial charge < -0.3 is 5.32 Å². The van der Waals surface area contributed by atoms with E-state index in [9.17, 15) is 4.79 Å². The first kappa shape index (κ1) is 19.4. The molecule has 4 rings (SSSR count). The Bertz CT molecular complexity index is 976. The number of hydrogen-bond acceptors (Lipinski definition) is 3. The fourth-order valence-corrected chi connectivity index (χ4v) is 3.70. The first-order chi connectivity index (χ1) is 14.3. The zero-order valence-corrected chi connectivity index (χ0v) is 16.6. The van der Waals surface area contributed by atoms with Crippen LogP contribution in [0.4, 0.5) is 5.69 Å². The highest BCUT2D eigenvalue weighted by atomic mass is 16.2. The number of hydrogen-bond donors (Lipinski definition) is 1. The molecule has 3 aromatic carbocycles. The number of carbonyl (C=O) groups excluding carboxylic acids is 1. The molecule has 0 aromatic heterocycles. The molecule has 0 bridgehead atoms. The van der Waals surface area contributed by atoms with Crippen molar-refractivity contribution in [3.8, 4) is 0 Å². The molecule has 3 aromatic rings. The van der Waals surface area contributed by atoms with Crippen LogP contribution in [0.2, 0.25) is 0 Å². The number of amides is 1. The molecule has 4 nitrogen and oxygen atoms in total. The standard InChI is InChI=1S/C25H27N3O/c29-25(26-24-13-12-22-10-4-5-11-23(22)19-24)20-28-17-15-27(16-18-28)14-6-9-21-7-2-1-3-8-21/h1-13,19H,14-18,20H2,(H,26,29)/b9-6+. The molecule has 0 saturated carbocycles. The Morgan fingerprint density at radius 3 is 2.31 bits per heavy atom. The molecule has 0 spiro atoms. The average molecular weight is 386 g/mol. The summed E-state index contributed by atoms with van der Waals surface area (Å²) >= 11 is 0. The van der Waals surface area contributed by atoms with Gasteiger partial charge in [-0.15, -0.1) is 0 Å². The molecule has 1 N–H and O–H groups in total. The van der Waals surface area contributed by atoms with Crippen molar-refractivity contribution in [2.75, 3.05) is 44.6 Å². The maximum atomic E-state index is 12.4. The summed E-state index contributed by atoms with van der Waals surface area (Å²) in [6.07, 6.45) is 4.39. The van der Waals surface area contributed by atoms with Crippen molar-refractivity contribution in [1.82, 2.24) is 9.80 Å². The summed E-state index contributed by atoms with van der Waals surface area (Å²) < 4.78 is 0. The average Bonchev–Trinajstić information content (AvgIpc) is 2.75. The minimum Gasteiger partial charge on any atom is -0.325 e. The van der Waals surface area contributed by atoms with E-state index in [4.69, 9.17) is 0 Å². The fourth-order valence-electron chi connectivity index (χ4n) is 3.70. The van der Waals surface area contributed by atoms with Gasteiger partial charge in [-0.3, -0.25) is 14.6 Å². The van der Waals surface area contributed by atoms with Gasteiger partial charge >= 0.3 is 0 Å². The summed E-state index contributed by atoms with van der Waals surface area (Å²) in [5, 5.41) is 5.36. The highest BCUT2D eigenvalue weighted by Gasteiger charge is 2.18. The van der Waals surface area contributed by atoms with Crippen molar-refractivity contribution in [2.45, 2.75) is 0 Å². The molecular formula is C25H27N3O. The lowest BCUT2D eigenvalue weighted by Crippen LogP contribution is -2.48. The molecule has 0 atom stereocenters. The van der Waals surface area contributed by atoms with Crippen molar-refractivity contribution < 1.29 is 4.79 Å². The van der Waals surface area contributed by atoms with Crippen LogP contribution in [0.5, 0.6) is 0 Å². The summed E-state index contributed by atoms with van der Waals surface area (Å²) in [4.78, 5) is 17.1. The molecule has 4 heteroatoms. The van der Waals surface area contributed by atoms with E-state index in [0.717, 1.165) is 43.8 Å². The van der Waals surface area contributed by atoms with Gasteiger partial charge in [0.05, 0.1) is 6.54 Å². The summed E-state index contributed by atoms with van der Waals surface area (Å²) in [5.41, 5.74) is 2.09. The first-order valence-corrected chi connectivity index (χ1v) is 10.2. The van der Waals surface area contributed by atoms with Gasteiger partial charge in [-0.05, 0) is 28.5 Å². The highest BCUT2D eigenvalue weighted by molar-refractivity contribution is 5.95. The van der Waals surface area contributed by atoms with Crippen LogP contribution in [0.1, 0.15) is 5.56 Å². The molecule has 1 aliphatic heterocycles. The lowest BCUT2D eigenvalue weighted by atomic mass is 10.1. The van der Waals surface area contributed by atoms with E-state index in [0.29, 0.717) is 6.54 Å². The topological polar surface area (TPSA) is 35.6 Å². The van der Waals surface area contributed by atoms with E-state index in [1.807, 2.05) is 36.4 Å². The van der Waals surface area contributed by atoms with Crippen LogP contribution in [-0.4, -0.2) is 55.0 Å². The number of piperazine rings is 1. The van der Waals surface area contributed by atoms with Crippen molar-refractivity contribution in [3.05, 3.63) is 84.4 Å². The van der Waals surface area contributed by atoms with Gasteiger partial charge in [-0.1, -0.05) is 72.8 Å². The Morgan fingerprint density at radius 2 is 1.52 bits per heavy atom. The number of carbonyl (C=O) groups is 1. The second-order valence-corrected chi connectivity index (χ2v) is 7.50. The van der Waals surface area contributed by atoms with E-state index in [1.54, 1.807) is 0 Å². The van der Waals surface area contributed by atoms with Crippen LogP contribution in [0.15, 0.2) is 78.9 Å². The lowest BCUT2D eigenvalue weighted by molar-refractivity contribution is -0.117. The molecule has 1 heterocycles. The Kier molecular flexibility index (Phi) is 6.35. The smallest absolute Gasteiger partial charge is 0.238 e. The molecular weight excluding hydrogens is 358 g/mol. The van der Waals surface area contributed by atoms with Gasteiger partial charge in [0.2, 0.25) is 5.91 Å². The molecule has 0 aliphatic carbocycles. The molecule has 0 radical (unpaired) electrons. The number of anilines is 1. The summed E-state index contributed by atoms with van der Waals surface area (Å²) in [6.45, 7) is 5.21. The van der Waals surface area contributed by atoms with E-state index in [-0.39, 0.29) is 5.91 Å². The molecule has 148 valence electrons. The number of fused-ring (bicyclic) bond motifs is 1. The van der Waals surface area contributed by atoms with E-state index >= 15 is 0 Å². The molecule has 0 unspecified atom stereocenters. The van der Waals surface area contributed by atoms with E-state index in [1.165, 1.54) is 10.9 Å². The molecule has 29 heavy (non-hydrogen) atoms. The van der Waals surface area contributed by atoms with Crippen molar-refractivity contribution in [2.24, 2.45) is 0 Å². The van der Waals surface area contributed by atoms with E-state index < -0.39 is 0 Å². The number of benzene rings is 3. The third-order valence-corrected chi connectivity index (χ3v) is 5.34. The summed E-state index contributed by atoms with van der Waals surface area (Å²) in [5.74, 6) is 0.0534. The molecule has 1 saturated heterocycles. The largest absolute Gasteiger partial charge is 0.325 e. The first-order valence-electron chi connectivity index (χ1n) is 10.2. The minimum atomic E-state index is 0.0534. The minimum absolute atomic E-state index is 0.0534. The van der Waals surface area contributed by atoms with Crippen molar-refractivity contribution >= 4 is 28.4 Å². The predicted molar refractivity (Wildman–Crippen MR) is 121 cm³/mol.